The molecule has 3 rings (SSSR count). The van der Waals surface area contributed by atoms with Crippen molar-refractivity contribution >= 4 is 0 Å². The summed E-state index contributed by atoms with van der Waals surface area (Å²) < 4.78 is 25.4. The molecule has 116 valence electrons. The zero-order valence-corrected chi connectivity index (χ0v) is 12.5. The Hall–Kier alpha value is -1.01. The van der Waals surface area contributed by atoms with E-state index in [2.05, 4.69) is 0 Å². The molecule has 2 heterocycles. The summed E-state index contributed by atoms with van der Waals surface area (Å²) in [7, 11) is 0. The summed E-state index contributed by atoms with van der Waals surface area (Å²) >= 11 is 0. The fraction of sp³-hybridized carbons (Fsp3) is 0.625. The van der Waals surface area contributed by atoms with Crippen molar-refractivity contribution in [3.63, 3.8) is 0 Å². The van der Waals surface area contributed by atoms with Crippen LogP contribution in [0.5, 0.6) is 0 Å². The number of morpholine rings is 2. The quantitative estimate of drug-likeness (QED) is 0.719. The first-order valence-corrected chi connectivity index (χ1v) is 7.92. The van der Waals surface area contributed by atoms with E-state index >= 15 is 0 Å². The number of halogens is 1. The average molecular weight is 296 g/mol. The highest BCUT2D eigenvalue weighted by molar-refractivity contribution is 5.24. The van der Waals surface area contributed by atoms with Crippen LogP contribution in [0.3, 0.4) is 0 Å². The third kappa shape index (κ3) is 4.01. The van der Waals surface area contributed by atoms with Gasteiger partial charge < -0.3 is 19.3 Å². The summed E-state index contributed by atoms with van der Waals surface area (Å²) in [6.07, 6.45) is 0. The van der Waals surface area contributed by atoms with E-state index in [4.69, 9.17) is 9.47 Å². The van der Waals surface area contributed by atoms with Gasteiger partial charge in [0.15, 0.2) is 0 Å². The zero-order valence-electron chi connectivity index (χ0n) is 12.5. The van der Waals surface area contributed by atoms with Gasteiger partial charge in [-0.1, -0.05) is 18.2 Å². The highest BCUT2D eigenvalue weighted by Gasteiger charge is 2.20. The van der Waals surface area contributed by atoms with E-state index in [0.29, 0.717) is 0 Å². The van der Waals surface area contributed by atoms with Gasteiger partial charge in [-0.2, -0.15) is 0 Å². The number of hydrogen-bond acceptors (Lipinski definition) is 2. The summed E-state index contributed by atoms with van der Waals surface area (Å²) in [6.45, 7) is 8.56. The summed E-state index contributed by atoms with van der Waals surface area (Å²) in [5, 5.41) is 0. The Morgan fingerprint density at radius 2 is 1.24 bits per heavy atom. The van der Waals surface area contributed by atoms with Crippen LogP contribution in [0, 0.1) is 5.82 Å². The lowest BCUT2D eigenvalue weighted by Crippen LogP contribution is -3.13. The van der Waals surface area contributed by atoms with Gasteiger partial charge in [0.25, 0.3) is 0 Å². The molecular formula is C16H25FN2O2+2. The van der Waals surface area contributed by atoms with Crippen molar-refractivity contribution in [2.75, 3.05) is 52.6 Å². The molecule has 2 saturated heterocycles. The number of nitrogens with one attached hydrogen (secondary N) is 2. The molecule has 0 aliphatic carbocycles. The lowest BCUT2D eigenvalue weighted by Gasteiger charge is -2.25. The second-order valence-electron chi connectivity index (χ2n) is 5.97. The lowest BCUT2D eigenvalue weighted by atomic mass is 10.1. The van der Waals surface area contributed by atoms with Crippen LogP contribution >= 0.6 is 0 Å². The van der Waals surface area contributed by atoms with Gasteiger partial charge in [0.1, 0.15) is 45.1 Å². The second kappa shape index (κ2) is 7.31. The van der Waals surface area contributed by atoms with Gasteiger partial charge in [0.2, 0.25) is 0 Å². The zero-order chi connectivity index (χ0) is 14.5. The summed E-state index contributed by atoms with van der Waals surface area (Å²) in [5.41, 5.74) is 1.69. The molecule has 0 radical (unpaired) electrons. The predicted octanol–water partition coefficient (Wildman–Crippen LogP) is -1.34. The van der Waals surface area contributed by atoms with E-state index in [9.17, 15) is 4.39 Å². The molecule has 0 spiro atoms. The third-order valence-electron chi connectivity index (χ3n) is 4.44. The highest BCUT2D eigenvalue weighted by Crippen LogP contribution is 2.11. The SMILES string of the molecule is Fc1c(C[NH+]2CCOCC2)cccc1C[NH+]1CCOCC1. The molecule has 21 heavy (non-hydrogen) atoms. The van der Waals surface area contributed by atoms with Gasteiger partial charge in [0, 0.05) is 11.1 Å². The Balaban J connectivity index is 1.65. The Labute approximate surface area is 125 Å². The minimum Gasteiger partial charge on any atom is -0.370 e. The molecule has 0 saturated carbocycles. The molecule has 1 aromatic rings. The molecule has 0 unspecified atom stereocenters. The summed E-state index contributed by atoms with van der Waals surface area (Å²) in [6, 6.07) is 5.85. The molecule has 0 atom stereocenters. The van der Waals surface area contributed by atoms with E-state index in [0.717, 1.165) is 76.8 Å². The Morgan fingerprint density at radius 1 is 0.810 bits per heavy atom. The molecule has 2 aliphatic heterocycles. The van der Waals surface area contributed by atoms with Crippen molar-refractivity contribution in [1.82, 2.24) is 0 Å². The van der Waals surface area contributed by atoms with Gasteiger partial charge in [-0.05, 0) is 0 Å². The van der Waals surface area contributed by atoms with E-state index in [1.807, 2.05) is 18.2 Å². The Bertz CT molecular complexity index is 419. The number of hydrogen-bond donors (Lipinski definition) is 2. The smallest absolute Gasteiger partial charge is 0.140 e. The predicted molar refractivity (Wildman–Crippen MR) is 76.8 cm³/mol. The molecular weight excluding hydrogens is 271 g/mol. The van der Waals surface area contributed by atoms with E-state index in [-0.39, 0.29) is 5.82 Å². The van der Waals surface area contributed by atoms with Crippen molar-refractivity contribution in [2.45, 2.75) is 13.1 Å². The summed E-state index contributed by atoms with van der Waals surface area (Å²) in [4.78, 5) is 2.83. The lowest BCUT2D eigenvalue weighted by molar-refractivity contribution is -0.922. The van der Waals surface area contributed by atoms with E-state index in [1.54, 1.807) is 0 Å². The average Bonchev–Trinajstić information content (AvgIpc) is 2.53. The standard InChI is InChI=1S/C16H23FN2O2/c17-16-14(12-18-4-8-20-9-5-18)2-1-3-15(16)13-19-6-10-21-11-7-19/h1-3H,4-13H2/p+2. The van der Waals surface area contributed by atoms with Crippen LogP contribution in [0.4, 0.5) is 4.39 Å². The van der Waals surface area contributed by atoms with Crippen molar-refractivity contribution in [3.8, 4) is 0 Å². The molecule has 0 bridgehead atoms. The maximum Gasteiger partial charge on any atom is 0.140 e. The molecule has 4 nitrogen and oxygen atoms in total. The third-order valence-corrected chi connectivity index (χ3v) is 4.44. The first-order chi connectivity index (χ1) is 10.3. The number of rotatable bonds is 4. The van der Waals surface area contributed by atoms with Crippen LogP contribution in [0.25, 0.3) is 0 Å². The monoisotopic (exact) mass is 296 g/mol. The topological polar surface area (TPSA) is 27.3 Å². The van der Waals surface area contributed by atoms with Crippen molar-refractivity contribution in [2.24, 2.45) is 0 Å². The van der Waals surface area contributed by atoms with Crippen LogP contribution in [0.2, 0.25) is 0 Å². The maximum absolute atomic E-state index is 14.7. The molecule has 2 fully saturated rings. The van der Waals surface area contributed by atoms with Gasteiger partial charge in [-0.25, -0.2) is 4.39 Å². The van der Waals surface area contributed by atoms with Crippen LogP contribution in [0.1, 0.15) is 11.1 Å². The van der Waals surface area contributed by atoms with Crippen LogP contribution in [0.15, 0.2) is 18.2 Å². The number of benzene rings is 1. The molecule has 1 aromatic carbocycles. The first-order valence-electron chi connectivity index (χ1n) is 7.92. The van der Waals surface area contributed by atoms with Gasteiger partial charge in [-0.15, -0.1) is 0 Å². The summed E-state index contributed by atoms with van der Waals surface area (Å²) in [5.74, 6) is -0.00418. The molecule has 2 aliphatic rings. The normalized spacial score (nSPS) is 21.6. The Kier molecular flexibility index (Phi) is 5.19. The van der Waals surface area contributed by atoms with Crippen LogP contribution in [-0.4, -0.2) is 52.6 Å². The minimum absolute atomic E-state index is 0.00418. The van der Waals surface area contributed by atoms with Crippen molar-refractivity contribution < 1.29 is 23.7 Å². The van der Waals surface area contributed by atoms with Gasteiger partial charge >= 0.3 is 0 Å². The van der Waals surface area contributed by atoms with E-state index in [1.165, 1.54) is 9.80 Å². The largest absolute Gasteiger partial charge is 0.370 e. The number of quaternary nitrogens is 2. The van der Waals surface area contributed by atoms with Crippen molar-refractivity contribution in [1.29, 1.82) is 0 Å². The molecule has 0 aromatic heterocycles. The second-order valence-corrected chi connectivity index (χ2v) is 5.97. The van der Waals surface area contributed by atoms with Gasteiger partial charge in [0.05, 0.1) is 26.4 Å². The molecule has 0 amide bonds. The molecule has 5 heteroatoms. The maximum atomic E-state index is 14.7. The van der Waals surface area contributed by atoms with Crippen molar-refractivity contribution in [3.05, 3.63) is 35.1 Å². The highest BCUT2D eigenvalue weighted by atomic mass is 19.1. The van der Waals surface area contributed by atoms with E-state index < -0.39 is 0 Å². The number of ether oxygens (including phenoxy) is 2. The fourth-order valence-electron chi connectivity index (χ4n) is 3.12. The van der Waals surface area contributed by atoms with Gasteiger partial charge in [-0.3, -0.25) is 0 Å². The first kappa shape index (κ1) is 14.9. The Morgan fingerprint density at radius 3 is 1.67 bits per heavy atom. The fourth-order valence-corrected chi connectivity index (χ4v) is 3.12. The van der Waals surface area contributed by atoms with Crippen LogP contribution in [-0.2, 0) is 22.6 Å². The minimum atomic E-state index is -0.00418. The molecule has 2 N–H and O–H groups in total. The van der Waals surface area contributed by atoms with Crippen LogP contribution < -0.4 is 9.80 Å².